The van der Waals surface area contributed by atoms with E-state index in [0.29, 0.717) is 18.6 Å². The summed E-state index contributed by atoms with van der Waals surface area (Å²) in [6.45, 7) is 0.633. The summed E-state index contributed by atoms with van der Waals surface area (Å²) in [7, 11) is 0. The highest BCUT2D eigenvalue weighted by Crippen LogP contribution is 2.19. The number of hydrogen-bond donors (Lipinski definition) is 3. The van der Waals surface area contributed by atoms with Gasteiger partial charge in [-0.15, -0.1) is 0 Å². The van der Waals surface area contributed by atoms with Crippen LogP contribution in [0, 0.1) is 0 Å². The number of nitrogens with one attached hydrogen (secondary N) is 1. The van der Waals surface area contributed by atoms with Crippen LogP contribution in [0.3, 0.4) is 0 Å². The van der Waals surface area contributed by atoms with Gasteiger partial charge in [-0.3, -0.25) is 0 Å². The zero-order valence-electron chi connectivity index (χ0n) is 9.43. The minimum absolute atomic E-state index is 0.338. The van der Waals surface area contributed by atoms with E-state index in [1.807, 2.05) is 16.8 Å². The van der Waals surface area contributed by atoms with Gasteiger partial charge < -0.3 is 16.2 Å². The molecule has 1 aromatic rings. The van der Waals surface area contributed by atoms with Gasteiger partial charge in [0.1, 0.15) is 0 Å². The van der Waals surface area contributed by atoms with E-state index in [0.717, 1.165) is 18.4 Å². The van der Waals surface area contributed by atoms with Crippen molar-refractivity contribution in [1.82, 2.24) is 5.32 Å². The number of aliphatic hydroxyl groups is 1. The molecule has 16 heavy (non-hydrogen) atoms. The molecule has 0 amide bonds. The van der Waals surface area contributed by atoms with E-state index in [1.165, 1.54) is 12.8 Å². The lowest BCUT2D eigenvalue weighted by Crippen LogP contribution is -2.40. The van der Waals surface area contributed by atoms with Crippen LogP contribution >= 0.6 is 11.3 Å². The molecule has 2 rings (SSSR count). The van der Waals surface area contributed by atoms with E-state index in [-0.39, 0.29) is 6.10 Å². The van der Waals surface area contributed by atoms with Crippen molar-refractivity contribution in [2.45, 2.75) is 43.9 Å². The molecule has 90 valence electrons. The Morgan fingerprint density at radius 1 is 1.56 bits per heavy atom. The van der Waals surface area contributed by atoms with Gasteiger partial charge in [0.2, 0.25) is 0 Å². The van der Waals surface area contributed by atoms with Crippen LogP contribution in [0.4, 0.5) is 0 Å². The normalized spacial score (nSPS) is 27.9. The third-order valence-corrected chi connectivity index (χ3v) is 3.94. The van der Waals surface area contributed by atoms with Crippen molar-refractivity contribution in [1.29, 1.82) is 0 Å². The van der Waals surface area contributed by atoms with Gasteiger partial charge in [0, 0.05) is 18.6 Å². The van der Waals surface area contributed by atoms with Crippen LogP contribution in [0.15, 0.2) is 16.8 Å². The Hall–Kier alpha value is -0.420. The summed E-state index contributed by atoms with van der Waals surface area (Å²) in [4.78, 5) is 0. The minimum atomic E-state index is -0.385. The molecule has 0 saturated heterocycles. The van der Waals surface area contributed by atoms with Crippen LogP contribution in [0.2, 0.25) is 0 Å². The minimum Gasteiger partial charge on any atom is -0.387 e. The topological polar surface area (TPSA) is 58.3 Å². The van der Waals surface area contributed by atoms with E-state index in [4.69, 9.17) is 5.73 Å². The maximum Gasteiger partial charge on any atom is 0.0922 e. The zero-order valence-corrected chi connectivity index (χ0v) is 10.2. The lowest BCUT2D eigenvalue weighted by atomic mass is 9.91. The fourth-order valence-electron chi connectivity index (χ4n) is 2.27. The van der Waals surface area contributed by atoms with Crippen molar-refractivity contribution in [3.05, 3.63) is 22.4 Å². The SMILES string of the molecule is NC1CCCC(NCC(O)c2ccsc2)C1. The second-order valence-corrected chi connectivity index (χ2v) is 5.38. The summed E-state index contributed by atoms with van der Waals surface area (Å²) >= 11 is 1.62. The molecule has 1 heterocycles. The Morgan fingerprint density at radius 3 is 3.12 bits per heavy atom. The number of rotatable bonds is 4. The lowest BCUT2D eigenvalue weighted by Gasteiger charge is -2.28. The maximum atomic E-state index is 9.92. The van der Waals surface area contributed by atoms with Gasteiger partial charge in [-0.25, -0.2) is 0 Å². The van der Waals surface area contributed by atoms with Crippen molar-refractivity contribution in [3.8, 4) is 0 Å². The van der Waals surface area contributed by atoms with Crippen molar-refractivity contribution in [3.63, 3.8) is 0 Å². The maximum absolute atomic E-state index is 9.92. The standard InChI is InChI=1S/C12H20N2OS/c13-10-2-1-3-11(6-10)14-7-12(15)9-4-5-16-8-9/h4-5,8,10-12,14-15H,1-3,6-7,13H2. The second-order valence-electron chi connectivity index (χ2n) is 4.60. The monoisotopic (exact) mass is 240 g/mol. The van der Waals surface area contributed by atoms with Crippen LogP contribution in [-0.2, 0) is 0 Å². The van der Waals surface area contributed by atoms with Gasteiger partial charge in [0.15, 0.2) is 0 Å². The van der Waals surface area contributed by atoms with Gasteiger partial charge >= 0.3 is 0 Å². The first-order valence-corrected chi connectivity index (χ1v) is 6.89. The van der Waals surface area contributed by atoms with Gasteiger partial charge in [0.05, 0.1) is 6.10 Å². The fraction of sp³-hybridized carbons (Fsp3) is 0.667. The van der Waals surface area contributed by atoms with Crippen molar-refractivity contribution >= 4 is 11.3 Å². The van der Waals surface area contributed by atoms with E-state index >= 15 is 0 Å². The summed E-state index contributed by atoms with van der Waals surface area (Å²) in [5.41, 5.74) is 6.94. The molecule has 1 saturated carbocycles. The predicted molar refractivity (Wildman–Crippen MR) is 67.5 cm³/mol. The predicted octanol–water partition coefficient (Wildman–Crippen LogP) is 1.64. The molecule has 3 atom stereocenters. The molecule has 3 unspecified atom stereocenters. The largest absolute Gasteiger partial charge is 0.387 e. The Kier molecular flexibility index (Phi) is 4.35. The van der Waals surface area contributed by atoms with Gasteiger partial charge in [0.25, 0.3) is 0 Å². The van der Waals surface area contributed by atoms with Crippen LogP contribution in [-0.4, -0.2) is 23.7 Å². The first-order chi connectivity index (χ1) is 7.75. The van der Waals surface area contributed by atoms with Gasteiger partial charge in [-0.05, 0) is 41.7 Å². The molecule has 4 heteroatoms. The van der Waals surface area contributed by atoms with E-state index in [2.05, 4.69) is 5.32 Å². The number of aliphatic hydroxyl groups excluding tert-OH is 1. The van der Waals surface area contributed by atoms with E-state index in [9.17, 15) is 5.11 Å². The Labute approximate surface area is 101 Å². The highest BCUT2D eigenvalue weighted by atomic mass is 32.1. The Morgan fingerprint density at radius 2 is 2.44 bits per heavy atom. The van der Waals surface area contributed by atoms with Crippen LogP contribution in [0.1, 0.15) is 37.4 Å². The summed E-state index contributed by atoms with van der Waals surface area (Å²) in [6.07, 6.45) is 4.18. The summed E-state index contributed by atoms with van der Waals surface area (Å²) in [5, 5.41) is 17.3. The molecular weight excluding hydrogens is 220 g/mol. The van der Waals surface area contributed by atoms with E-state index in [1.54, 1.807) is 11.3 Å². The molecule has 1 aliphatic carbocycles. The highest BCUT2D eigenvalue weighted by Gasteiger charge is 2.19. The fourth-order valence-corrected chi connectivity index (χ4v) is 2.98. The van der Waals surface area contributed by atoms with E-state index < -0.39 is 0 Å². The number of thiophene rings is 1. The summed E-state index contributed by atoms with van der Waals surface area (Å²) in [5.74, 6) is 0. The first-order valence-electron chi connectivity index (χ1n) is 5.95. The van der Waals surface area contributed by atoms with Gasteiger partial charge in [-0.1, -0.05) is 6.42 Å². The smallest absolute Gasteiger partial charge is 0.0922 e. The zero-order chi connectivity index (χ0) is 11.4. The average molecular weight is 240 g/mol. The molecule has 3 nitrogen and oxygen atoms in total. The van der Waals surface area contributed by atoms with Crippen LogP contribution in [0.5, 0.6) is 0 Å². The van der Waals surface area contributed by atoms with Crippen molar-refractivity contribution in [2.75, 3.05) is 6.54 Å². The molecule has 0 aliphatic heterocycles. The van der Waals surface area contributed by atoms with Crippen molar-refractivity contribution in [2.24, 2.45) is 5.73 Å². The molecule has 0 radical (unpaired) electrons. The molecule has 0 bridgehead atoms. The first kappa shape index (κ1) is 12.0. The molecular formula is C12H20N2OS. The Balaban J connectivity index is 1.74. The molecule has 0 spiro atoms. The molecule has 4 N–H and O–H groups in total. The van der Waals surface area contributed by atoms with Crippen LogP contribution < -0.4 is 11.1 Å². The third kappa shape index (κ3) is 3.28. The Bertz CT molecular complexity index is 302. The molecule has 0 aromatic carbocycles. The number of nitrogens with two attached hydrogens (primary N) is 1. The molecule has 1 fully saturated rings. The van der Waals surface area contributed by atoms with Gasteiger partial charge in [-0.2, -0.15) is 11.3 Å². The summed E-state index contributed by atoms with van der Waals surface area (Å²) < 4.78 is 0. The number of hydrogen-bond acceptors (Lipinski definition) is 4. The second kappa shape index (κ2) is 5.77. The summed E-state index contributed by atoms with van der Waals surface area (Å²) in [6, 6.07) is 2.80. The highest BCUT2D eigenvalue weighted by molar-refractivity contribution is 7.07. The quantitative estimate of drug-likeness (QED) is 0.750. The molecule has 1 aliphatic rings. The van der Waals surface area contributed by atoms with Crippen molar-refractivity contribution < 1.29 is 5.11 Å². The molecule has 1 aromatic heterocycles. The third-order valence-electron chi connectivity index (χ3n) is 3.24. The average Bonchev–Trinajstić information content (AvgIpc) is 2.79. The lowest BCUT2D eigenvalue weighted by molar-refractivity contribution is 0.165. The van der Waals surface area contributed by atoms with Crippen LogP contribution in [0.25, 0.3) is 0 Å².